The number of primary amides is 1. The molecule has 0 aliphatic rings. The van der Waals surface area contributed by atoms with Crippen molar-refractivity contribution in [2.45, 2.75) is 6.43 Å². The van der Waals surface area contributed by atoms with Crippen molar-refractivity contribution < 1.29 is 22.7 Å². The number of carbonyl (C=O) groups is 1. The van der Waals surface area contributed by atoms with Gasteiger partial charge >= 0.3 is 0 Å². The molecule has 0 aliphatic heterocycles. The fraction of sp³-hybridized carbons (Fsp3) is 0.364. The van der Waals surface area contributed by atoms with Crippen LogP contribution in [-0.4, -0.2) is 32.1 Å². The molecule has 0 aliphatic carbocycles. The quantitative estimate of drug-likeness (QED) is 0.516. The standard InChI is InChI=1S/C11H14F3N3O2/c12-7-4-8(15)6(11(16)18)3-9(7)17-1-2-19-5-10(13)14/h3-4,10,17H,1-2,5,15H2,(H2,16,18). The Balaban J connectivity index is 2.58. The van der Waals surface area contributed by atoms with Crippen molar-refractivity contribution in [1.82, 2.24) is 0 Å². The highest BCUT2D eigenvalue weighted by Gasteiger charge is 2.11. The lowest BCUT2D eigenvalue weighted by atomic mass is 10.1. The zero-order chi connectivity index (χ0) is 14.4. The van der Waals surface area contributed by atoms with Gasteiger partial charge in [-0.25, -0.2) is 13.2 Å². The van der Waals surface area contributed by atoms with E-state index in [4.69, 9.17) is 11.5 Å². The first-order chi connectivity index (χ1) is 8.91. The van der Waals surface area contributed by atoms with Crippen LogP contribution in [0.3, 0.4) is 0 Å². The van der Waals surface area contributed by atoms with E-state index < -0.39 is 24.8 Å². The van der Waals surface area contributed by atoms with Gasteiger partial charge in [0.2, 0.25) is 0 Å². The molecule has 5 N–H and O–H groups in total. The first-order valence-corrected chi connectivity index (χ1v) is 5.40. The minimum absolute atomic E-state index is 0.00338. The van der Waals surface area contributed by atoms with Gasteiger partial charge in [-0.05, 0) is 12.1 Å². The summed E-state index contributed by atoms with van der Waals surface area (Å²) >= 11 is 0. The second kappa shape index (κ2) is 6.83. The van der Waals surface area contributed by atoms with Crippen molar-refractivity contribution in [3.05, 3.63) is 23.5 Å². The maximum atomic E-state index is 13.5. The van der Waals surface area contributed by atoms with Crippen LogP contribution in [0.25, 0.3) is 0 Å². The molecule has 0 unspecified atom stereocenters. The number of ether oxygens (including phenoxy) is 1. The lowest BCUT2D eigenvalue weighted by Crippen LogP contribution is -2.17. The Hall–Kier alpha value is -1.96. The summed E-state index contributed by atoms with van der Waals surface area (Å²) in [6, 6.07) is 2.13. The molecule has 19 heavy (non-hydrogen) atoms. The van der Waals surface area contributed by atoms with E-state index in [0.29, 0.717) is 0 Å². The first kappa shape index (κ1) is 15.1. The monoisotopic (exact) mass is 277 g/mol. The Bertz CT molecular complexity index is 455. The van der Waals surface area contributed by atoms with Gasteiger partial charge in [-0.1, -0.05) is 0 Å². The highest BCUT2D eigenvalue weighted by molar-refractivity contribution is 5.99. The summed E-state index contributed by atoms with van der Waals surface area (Å²) in [6.45, 7) is -0.607. The molecule has 1 amide bonds. The number of benzene rings is 1. The number of amides is 1. The average Bonchev–Trinajstić information content (AvgIpc) is 2.30. The molecule has 0 bridgehead atoms. The van der Waals surface area contributed by atoms with Crippen LogP contribution in [0.2, 0.25) is 0 Å². The van der Waals surface area contributed by atoms with Crippen molar-refractivity contribution in [1.29, 1.82) is 0 Å². The van der Waals surface area contributed by atoms with Crippen LogP contribution < -0.4 is 16.8 Å². The minimum atomic E-state index is -2.55. The van der Waals surface area contributed by atoms with E-state index in [1.54, 1.807) is 0 Å². The molecule has 0 aromatic heterocycles. The molecule has 106 valence electrons. The van der Waals surface area contributed by atoms with Crippen LogP contribution >= 0.6 is 0 Å². The van der Waals surface area contributed by atoms with Crippen LogP contribution in [0.15, 0.2) is 12.1 Å². The summed E-state index contributed by atoms with van der Waals surface area (Å²) in [5.41, 5.74) is 10.4. The molecule has 1 aromatic carbocycles. The second-order valence-corrected chi connectivity index (χ2v) is 3.68. The van der Waals surface area contributed by atoms with Crippen molar-refractivity contribution in [3.8, 4) is 0 Å². The molecule has 0 saturated heterocycles. The van der Waals surface area contributed by atoms with E-state index in [9.17, 15) is 18.0 Å². The third kappa shape index (κ3) is 4.66. The van der Waals surface area contributed by atoms with Crippen LogP contribution in [0.1, 0.15) is 10.4 Å². The lowest BCUT2D eigenvalue weighted by Gasteiger charge is -2.10. The maximum Gasteiger partial charge on any atom is 0.261 e. The zero-order valence-electron chi connectivity index (χ0n) is 9.96. The summed E-state index contributed by atoms with van der Waals surface area (Å²) in [7, 11) is 0. The van der Waals surface area contributed by atoms with E-state index in [0.717, 1.165) is 6.07 Å². The van der Waals surface area contributed by atoms with E-state index in [1.165, 1.54) is 6.07 Å². The van der Waals surface area contributed by atoms with Crippen molar-refractivity contribution >= 4 is 17.3 Å². The van der Waals surface area contributed by atoms with Gasteiger partial charge in [0, 0.05) is 12.2 Å². The Morgan fingerprint density at radius 2 is 2.11 bits per heavy atom. The molecular weight excluding hydrogens is 263 g/mol. The summed E-state index contributed by atoms with van der Waals surface area (Å²) in [6.07, 6.45) is -2.55. The van der Waals surface area contributed by atoms with Crippen LogP contribution in [0, 0.1) is 5.82 Å². The molecule has 5 nitrogen and oxygen atoms in total. The predicted molar refractivity (Wildman–Crippen MR) is 64.6 cm³/mol. The number of carbonyl (C=O) groups excluding carboxylic acids is 1. The summed E-state index contributed by atoms with van der Waals surface area (Å²) < 4.78 is 41.6. The van der Waals surface area contributed by atoms with E-state index in [1.807, 2.05) is 0 Å². The molecule has 8 heteroatoms. The van der Waals surface area contributed by atoms with Gasteiger partial charge < -0.3 is 21.5 Å². The third-order valence-electron chi connectivity index (χ3n) is 2.21. The number of nitrogens with one attached hydrogen (secondary N) is 1. The normalized spacial score (nSPS) is 10.7. The SMILES string of the molecule is NC(=O)c1cc(NCCOCC(F)F)c(F)cc1N. The van der Waals surface area contributed by atoms with E-state index >= 15 is 0 Å². The van der Waals surface area contributed by atoms with Gasteiger partial charge in [-0.3, -0.25) is 4.79 Å². The molecule has 0 radical (unpaired) electrons. The number of hydrogen-bond acceptors (Lipinski definition) is 4. The predicted octanol–water partition coefficient (Wildman–Crippen LogP) is 1.20. The van der Waals surface area contributed by atoms with Gasteiger partial charge in [-0.2, -0.15) is 0 Å². The zero-order valence-corrected chi connectivity index (χ0v) is 9.96. The van der Waals surface area contributed by atoms with Gasteiger partial charge in [-0.15, -0.1) is 0 Å². The number of anilines is 2. The number of halogens is 3. The Morgan fingerprint density at radius 3 is 2.68 bits per heavy atom. The second-order valence-electron chi connectivity index (χ2n) is 3.68. The number of nitrogen functional groups attached to an aromatic ring is 1. The van der Waals surface area contributed by atoms with Crippen molar-refractivity contribution in [3.63, 3.8) is 0 Å². The van der Waals surface area contributed by atoms with Gasteiger partial charge in [0.05, 0.1) is 17.9 Å². The number of nitrogens with two attached hydrogens (primary N) is 2. The average molecular weight is 277 g/mol. The fourth-order valence-electron chi connectivity index (χ4n) is 1.37. The summed E-state index contributed by atoms with van der Waals surface area (Å²) in [5, 5.41) is 2.60. The third-order valence-corrected chi connectivity index (χ3v) is 2.21. The number of rotatable bonds is 7. The highest BCUT2D eigenvalue weighted by Crippen LogP contribution is 2.21. The Morgan fingerprint density at radius 1 is 1.42 bits per heavy atom. The molecule has 0 fully saturated rings. The van der Waals surface area contributed by atoms with E-state index in [2.05, 4.69) is 10.1 Å². The highest BCUT2D eigenvalue weighted by atomic mass is 19.3. The smallest absolute Gasteiger partial charge is 0.261 e. The topological polar surface area (TPSA) is 90.4 Å². The molecule has 0 spiro atoms. The van der Waals surface area contributed by atoms with Crippen molar-refractivity contribution in [2.24, 2.45) is 5.73 Å². The van der Waals surface area contributed by atoms with Crippen LogP contribution in [0.4, 0.5) is 24.5 Å². The lowest BCUT2D eigenvalue weighted by molar-refractivity contribution is 0.0215. The first-order valence-electron chi connectivity index (χ1n) is 5.40. The van der Waals surface area contributed by atoms with E-state index in [-0.39, 0.29) is 30.1 Å². The van der Waals surface area contributed by atoms with Crippen molar-refractivity contribution in [2.75, 3.05) is 30.8 Å². The van der Waals surface area contributed by atoms with Gasteiger partial charge in [0.25, 0.3) is 12.3 Å². The fourth-order valence-corrected chi connectivity index (χ4v) is 1.37. The molecule has 0 saturated carbocycles. The largest absolute Gasteiger partial charge is 0.398 e. The number of alkyl halides is 2. The van der Waals surface area contributed by atoms with Gasteiger partial charge in [0.1, 0.15) is 12.4 Å². The van der Waals surface area contributed by atoms with Crippen LogP contribution in [0.5, 0.6) is 0 Å². The molecular formula is C11H14F3N3O2. The summed E-state index contributed by atoms with van der Waals surface area (Å²) in [4.78, 5) is 11.0. The van der Waals surface area contributed by atoms with Gasteiger partial charge in [0.15, 0.2) is 0 Å². The Labute approximate surface area is 107 Å². The molecule has 0 heterocycles. The molecule has 1 rings (SSSR count). The maximum absolute atomic E-state index is 13.5. The molecule has 0 atom stereocenters. The number of hydrogen-bond donors (Lipinski definition) is 3. The Kier molecular flexibility index (Phi) is 5.43. The van der Waals surface area contributed by atoms with Crippen LogP contribution in [-0.2, 0) is 4.74 Å². The molecule has 1 aromatic rings. The minimum Gasteiger partial charge on any atom is -0.398 e. The summed E-state index contributed by atoms with van der Waals surface area (Å²) in [5.74, 6) is -1.45.